The van der Waals surface area contributed by atoms with E-state index >= 15 is 0 Å². The molecule has 0 aliphatic heterocycles. The average molecular weight is 283 g/mol. The molecule has 2 heteroatoms. The van der Waals surface area contributed by atoms with Crippen LogP contribution in [0.1, 0.15) is 40.8 Å². The maximum absolute atomic E-state index is 5.20. The maximum Gasteiger partial charge on any atom is 0.118 e. The summed E-state index contributed by atoms with van der Waals surface area (Å²) in [7, 11) is 1.69. The molecule has 2 aromatic rings. The fraction of sp³-hybridized carbons (Fsp3) is 0.368. The highest BCUT2D eigenvalue weighted by Crippen LogP contribution is 2.20. The van der Waals surface area contributed by atoms with Gasteiger partial charge in [0.15, 0.2) is 0 Å². The van der Waals surface area contributed by atoms with Gasteiger partial charge in [0.1, 0.15) is 5.75 Å². The summed E-state index contributed by atoms with van der Waals surface area (Å²) in [6, 6.07) is 13.1. The maximum atomic E-state index is 5.20. The molecule has 0 heterocycles. The first kappa shape index (κ1) is 15.6. The van der Waals surface area contributed by atoms with Crippen LogP contribution in [0, 0.1) is 20.8 Å². The van der Waals surface area contributed by atoms with Crippen LogP contribution < -0.4 is 10.1 Å². The van der Waals surface area contributed by atoms with Gasteiger partial charge in [-0.25, -0.2) is 0 Å². The van der Waals surface area contributed by atoms with Gasteiger partial charge in [-0.05, 0) is 62.1 Å². The standard InChI is InChI=1S/C19H25NO/c1-13-10-14(2)19(15(3)11-13)12-20-16(4)17-6-8-18(21-5)9-7-17/h6-11,16,20H,12H2,1-5H3/t16-/m1/s1. The van der Waals surface area contributed by atoms with Crippen LogP contribution in [0.2, 0.25) is 0 Å². The van der Waals surface area contributed by atoms with Crippen LogP contribution in [0.4, 0.5) is 0 Å². The lowest BCUT2D eigenvalue weighted by Gasteiger charge is -2.17. The van der Waals surface area contributed by atoms with Gasteiger partial charge in [-0.15, -0.1) is 0 Å². The molecule has 1 N–H and O–H groups in total. The lowest BCUT2D eigenvalue weighted by atomic mass is 9.99. The van der Waals surface area contributed by atoms with Crippen molar-refractivity contribution in [1.82, 2.24) is 5.32 Å². The number of nitrogens with one attached hydrogen (secondary N) is 1. The fourth-order valence-electron chi connectivity index (χ4n) is 2.75. The Labute approximate surface area is 128 Å². The van der Waals surface area contributed by atoms with Crippen molar-refractivity contribution in [2.75, 3.05) is 7.11 Å². The molecule has 0 saturated carbocycles. The predicted molar refractivity (Wildman–Crippen MR) is 88.9 cm³/mol. The highest BCUT2D eigenvalue weighted by molar-refractivity contribution is 5.37. The first-order chi connectivity index (χ1) is 10.0. The molecule has 0 saturated heterocycles. The van der Waals surface area contributed by atoms with E-state index in [1.807, 2.05) is 12.1 Å². The third-order valence-corrected chi connectivity index (χ3v) is 4.04. The summed E-state index contributed by atoms with van der Waals surface area (Å²) in [5.41, 5.74) is 6.74. The Kier molecular flexibility index (Phi) is 5.03. The first-order valence-electron chi connectivity index (χ1n) is 7.45. The molecule has 21 heavy (non-hydrogen) atoms. The van der Waals surface area contributed by atoms with Crippen LogP contribution >= 0.6 is 0 Å². The fourth-order valence-corrected chi connectivity index (χ4v) is 2.75. The van der Waals surface area contributed by atoms with Gasteiger partial charge in [-0.2, -0.15) is 0 Å². The van der Waals surface area contributed by atoms with Gasteiger partial charge in [0.25, 0.3) is 0 Å². The lowest BCUT2D eigenvalue weighted by molar-refractivity contribution is 0.414. The lowest BCUT2D eigenvalue weighted by Crippen LogP contribution is -2.19. The van der Waals surface area contributed by atoms with E-state index < -0.39 is 0 Å². The summed E-state index contributed by atoms with van der Waals surface area (Å²) in [6.45, 7) is 9.62. The second-order valence-electron chi connectivity index (χ2n) is 5.75. The van der Waals surface area contributed by atoms with Crippen LogP contribution in [-0.2, 0) is 6.54 Å². The van der Waals surface area contributed by atoms with Crippen molar-refractivity contribution in [3.05, 3.63) is 64.2 Å². The molecule has 2 nitrogen and oxygen atoms in total. The van der Waals surface area contributed by atoms with E-state index in [2.05, 4.69) is 57.3 Å². The van der Waals surface area contributed by atoms with Gasteiger partial charge in [0.2, 0.25) is 0 Å². The zero-order valence-corrected chi connectivity index (χ0v) is 13.7. The molecular weight excluding hydrogens is 258 g/mol. The van der Waals surface area contributed by atoms with E-state index in [-0.39, 0.29) is 0 Å². The molecule has 0 radical (unpaired) electrons. The highest BCUT2D eigenvalue weighted by Gasteiger charge is 2.08. The van der Waals surface area contributed by atoms with Gasteiger partial charge in [-0.3, -0.25) is 0 Å². The summed E-state index contributed by atoms with van der Waals surface area (Å²) < 4.78 is 5.20. The number of ether oxygens (including phenoxy) is 1. The molecule has 0 aliphatic carbocycles. The number of aryl methyl sites for hydroxylation is 3. The molecule has 0 unspecified atom stereocenters. The predicted octanol–water partition coefficient (Wildman–Crippen LogP) is 4.47. The molecule has 0 aliphatic rings. The van der Waals surface area contributed by atoms with Gasteiger partial charge < -0.3 is 10.1 Å². The van der Waals surface area contributed by atoms with Crippen LogP contribution in [0.3, 0.4) is 0 Å². The van der Waals surface area contributed by atoms with Crippen LogP contribution in [0.15, 0.2) is 36.4 Å². The van der Waals surface area contributed by atoms with E-state index in [9.17, 15) is 0 Å². The van der Waals surface area contributed by atoms with Crippen LogP contribution in [0.25, 0.3) is 0 Å². The largest absolute Gasteiger partial charge is 0.497 e. The van der Waals surface area contributed by atoms with Gasteiger partial charge >= 0.3 is 0 Å². The number of hydrogen-bond acceptors (Lipinski definition) is 2. The zero-order chi connectivity index (χ0) is 15.4. The van der Waals surface area contributed by atoms with Crippen molar-refractivity contribution in [3.63, 3.8) is 0 Å². The summed E-state index contributed by atoms with van der Waals surface area (Å²) in [5.74, 6) is 0.899. The quantitative estimate of drug-likeness (QED) is 0.874. The topological polar surface area (TPSA) is 21.3 Å². The molecule has 1 atom stereocenters. The highest BCUT2D eigenvalue weighted by atomic mass is 16.5. The van der Waals surface area contributed by atoms with Crippen LogP contribution in [-0.4, -0.2) is 7.11 Å². The SMILES string of the molecule is COc1ccc([C@@H](C)NCc2c(C)cc(C)cc2C)cc1. The summed E-state index contributed by atoms with van der Waals surface area (Å²) in [5, 5.41) is 3.61. The summed E-state index contributed by atoms with van der Waals surface area (Å²) in [4.78, 5) is 0. The molecule has 0 amide bonds. The average Bonchev–Trinajstić information content (AvgIpc) is 2.46. The van der Waals surface area contributed by atoms with Crippen molar-refractivity contribution in [2.24, 2.45) is 0 Å². The van der Waals surface area contributed by atoms with Crippen molar-refractivity contribution in [1.29, 1.82) is 0 Å². The van der Waals surface area contributed by atoms with Crippen molar-refractivity contribution in [3.8, 4) is 5.75 Å². The van der Waals surface area contributed by atoms with Crippen molar-refractivity contribution >= 4 is 0 Å². The smallest absolute Gasteiger partial charge is 0.118 e. The van der Waals surface area contributed by atoms with E-state index in [1.54, 1.807) is 7.11 Å². The molecule has 2 aromatic carbocycles. The summed E-state index contributed by atoms with van der Waals surface area (Å²) >= 11 is 0. The van der Waals surface area contributed by atoms with E-state index in [4.69, 9.17) is 4.74 Å². The van der Waals surface area contributed by atoms with E-state index in [0.717, 1.165) is 12.3 Å². The van der Waals surface area contributed by atoms with Crippen molar-refractivity contribution < 1.29 is 4.74 Å². The van der Waals surface area contributed by atoms with Gasteiger partial charge in [0, 0.05) is 12.6 Å². The molecule has 0 fully saturated rings. The second kappa shape index (κ2) is 6.77. The Morgan fingerprint density at radius 1 is 1.00 bits per heavy atom. The number of rotatable bonds is 5. The van der Waals surface area contributed by atoms with Crippen molar-refractivity contribution in [2.45, 2.75) is 40.3 Å². The monoisotopic (exact) mass is 283 g/mol. The minimum absolute atomic E-state index is 0.316. The third-order valence-electron chi connectivity index (χ3n) is 4.04. The molecule has 2 rings (SSSR count). The minimum Gasteiger partial charge on any atom is -0.497 e. The molecule has 0 spiro atoms. The first-order valence-corrected chi connectivity index (χ1v) is 7.45. The zero-order valence-electron chi connectivity index (χ0n) is 13.7. The molecule has 0 bridgehead atoms. The normalized spacial score (nSPS) is 12.2. The van der Waals surface area contributed by atoms with Gasteiger partial charge in [0.05, 0.1) is 7.11 Å². The Bertz CT molecular complexity index is 578. The molecule has 112 valence electrons. The number of benzene rings is 2. The Balaban J connectivity index is 2.05. The molecular formula is C19H25NO. The number of methoxy groups -OCH3 is 1. The van der Waals surface area contributed by atoms with Crippen LogP contribution in [0.5, 0.6) is 5.75 Å². The minimum atomic E-state index is 0.316. The Morgan fingerprint density at radius 3 is 2.10 bits per heavy atom. The molecule has 0 aromatic heterocycles. The number of hydrogen-bond donors (Lipinski definition) is 1. The Morgan fingerprint density at radius 2 is 1.57 bits per heavy atom. The van der Waals surface area contributed by atoms with E-state index in [0.29, 0.717) is 6.04 Å². The summed E-state index contributed by atoms with van der Waals surface area (Å²) in [6.07, 6.45) is 0. The van der Waals surface area contributed by atoms with Gasteiger partial charge in [-0.1, -0.05) is 29.8 Å². The van der Waals surface area contributed by atoms with E-state index in [1.165, 1.54) is 27.8 Å². The third kappa shape index (κ3) is 3.85. The second-order valence-corrected chi connectivity index (χ2v) is 5.75. The Hall–Kier alpha value is -1.80.